The Labute approximate surface area is 162 Å². The quantitative estimate of drug-likeness (QED) is 0.575. The van der Waals surface area contributed by atoms with Gasteiger partial charge in [-0.15, -0.1) is 0 Å². The molecule has 1 atom stereocenters. The molecule has 6 nitrogen and oxygen atoms in total. The molecule has 1 amide bonds. The molecule has 0 saturated heterocycles. The van der Waals surface area contributed by atoms with Crippen molar-refractivity contribution in [1.82, 2.24) is 0 Å². The summed E-state index contributed by atoms with van der Waals surface area (Å²) in [6.45, 7) is 4.42. The molecule has 0 fully saturated rings. The second-order valence-electron chi connectivity index (χ2n) is 5.95. The maximum atomic E-state index is 12.1. The van der Waals surface area contributed by atoms with Crippen LogP contribution in [0.3, 0.4) is 0 Å². The number of ketones is 1. The van der Waals surface area contributed by atoms with Crippen LogP contribution in [0.2, 0.25) is 5.02 Å². The number of halogens is 1. The van der Waals surface area contributed by atoms with Crippen molar-refractivity contribution >= 4 is 34.9 Å². The zero-order valence-electron chi connectivity index (χ0n) is 15.2. The van der Waals surface area contributed by atoms with E-state index in [0.29, 0.717) is 22.0 Å². The van der Waals surface area contributed by atoms with Gasteiger partial charge in [0.25, 0.3) is 5.91 Å². The van der Waals surface area contributed by atoms with E-state index in [1.807, 2.05) is 6.92 Å². The number of Topliss-reactive ketones (excluding diaryl/α,β-unsaturated/α-hetero) is 1. The summed E-state index contributed by atoms with van der Waals surface area (Å²) in [4.78, 5) is 35.2. The highest BCUT2D eigenvalue weighted by atomic mass is 35.5. The van der Waals surface area contributed by atoms with Crippen molar-refractivity contribution < 1.29 is 23.9 Å². The first kappa shape index (κ1) is 20.5. The minimum absolute atomic E-state index is 0.0638. The summed E-state index contributed by atoms with van der Waals surface area (Å²) in [7, 11) is 0. The third-order valence-electron chi connectivity index (χ3n) is 3.72. The van der Waals surface area contributed by atoms with Crippen molar-refractivity contribution in [3.05, 3.63) is 58.6 Å². The van der Waals surface area contributed by atoms with Gasteiger partial charge in [-0.3, -0.25) is 9.59 Å². The van der Waals surface area contributed by atoms with E-state index in [1.54, 1.807) is 42.5 Å². The Morgan fingerprint density at radius 3 is 2.37 bits per heavy atom. The fourth-order valence-electron chi connectivity index (χ4n) is 2.17. The van der Waals surface area contributed by atoms with E-state index in [-0.39, 0.29) is 12.4 Å². The van der Waals surface area contributed by atoms with Gasteiger partial charge < -0.3 is 14.8 Å². The molecule has 0 unspecified atom stereocenters. The molecular formula is C20H20ClNO5. The molecule has 0 heterocycles. The molecule has 2 rings (SSSR count). The highest BCUT2D eigenvalue weighted by molar-refractivity contribution is 6.31. The second kappa shape index (κ2) is 9.19. The number of ether oxygens (including phenoxy) is 2. The van der Waals surface area contributed by atoms with Crippen molar-refractivity contribution in [2.75, 3.05) is 11.9 Å². The number of amides is 1. The van der Waals surface area contributed by atoms with E-state index >= 15 is 0 Å². The lowest BCUT2D eigenvalue weighted by molar-refractivity contribution is -0.155. The molecule has 142 valence electrons. The molecular weight excluding hydrogens is 370 g/mol. The van der Waals surface area contributed by atoms with E-state index < -0.39 is 18.0 Å². The Morgan fingerprint density at radius 2 is 1.78 bits per heavy atom. The molecule has 0 aliphatic carbocycles. The summed E-state index contributed by atoms with van der Waals surface area (Å²) in [5, 5.41) is 3.22. The van der Waals surface area contributed by atoms with Crippen LogP contribution in [-0.4, -0.2) is 30.4 Å². The Bertz CT molecular complexity index is 848. The van der Waals surface area contributed by atoms with Crippen LogP contribution < -0.4 is 10.1 Å². The number of hydrogen-bond acceptors (Lipinski definition) is 5. The number of hydrogen-bond donors (Lipinski definition) is 1. The van der Waals surface area contributed by atoms with Gasteiger partial charge >= 0.3 is 5.97 Å². The summed E-state index contributed by atoms with van der Waals surface area (Å²) in [5.41, 5.74) is 1.87. The number of nitrogens with one attached hydrogen (secondary N) is 1. The second-order valence-corrected chi connectivity index (χ2v) is 6.36. The molecule has 0 saturated carbocycles. The number of benzene rings is 2. The highest BCUT2D eigenvalue weighted by Crippen LogP contribution is 2.21. The van der Waals surface area contributed by atoms with Crippen LogP contribution in [0, 0.1) is 6.92 Å². The smallest absolute Gasteiger partial charge is 0.344 e. The Morgan fingerprint density at radius 1 is 1.11 bits per heavy atom. The summed E-state index contributed by atoms with van der Waals surface area (Å²) in [6, 6.07) is 11.4. The molecule has 7 heteroatoms. The fraction of sp³-hybridized carbons (Fsp3) is 0.250. The molecule has 27 heavy (non-hydrogen) atoms. The number of anilines is 1. The molecule has 0 aliphatic heterocycles. The molecule has 1 N–H and O–H groups in total. The monoisotopic (exact) mass is 389 g/mol. The van der Waals surface area contributed by atoms with Crippen LogP contribution in [0.25, 0.3) is 0 Å². The molecule has 0 spiro atoms. The number of rotatable bonds is 7. The lowest BCUT2D eigenvalue weighted by Gasteiger charge is -2.14. The van der Waals surface area contributed by atoms with Gasteiger partial charge in [-0.05, 0) is 68.8 Å². The zero-order chi connectivity index (χ0) is 20.0. The Hall–Kier alpha value is -2.86. The maximum absolute atomic E-state index is 12.1. The van der Waals surface area contributed by atoms with E-state index in [9.17, 15) is 14.4 Å². The minimum atomic E-state index is -1.000. The lowest BCUT2D eigenvalue weighted by Crippen LogP contribution is -2.31. The molecule has 0 radical (unpaired) electrons. The molecule has 0 aromatic heterocycles. The van der Waals surface area contributed by atoms with Gasteiger partial charge in [0.05, 0.1) is 0 Å². The van der Waals surface area contributed by atoms with Gasteiger partial charge in [0.2, 0.25) is 0 Å². The summed E-state index contributed by atoms with van der Waals surface area (Å²) >= 11 is 5.93. The van der Waals surface area contributed by atoms with Crippen LogP contribution >= 0.6 is 11.6 Å². The lowest BCUT2D eigenvalue weighted by atomic mass is 10.1. The average molecular weight is 390 g/mol. The number of carbonyl (C=O) groups excluding carboxylic acids is 3. The topological polar surface area (TPSA) is 81.7 Å². The first-order valence-electron chi connectivity index (χ1n) is 8.26. The number of carbonyl (C=O) groups is 3. The SMILES string of the molecule is CC(=O)c1ccc(NC(=O)[C@H](C)OC(=O)COc2ccc(Cl)c(C)c2)cc1. The number of aryl methyl sites for hydroxylation is 1. The predicted octanol–water partition coefficient (Wildman–Crippen LogP) is 3.80. The Kier molecular flexibility index (Phi) is 6.96. The first-order valence-corrected chi connectivity index (χ1v) is 8.64. The fourth-order valence-corrected chi connectivity index (χ4v) is 2.28. The van der Waals surface area contributed by atoms with Crippen LogP contribution in [0.4, 0.5) is 5.69 Å². The van der Waals surface area contributed by atoms with Crippen molar-refractivity contribution in [1.29, 1.82) is 0 Å². The van der Waals surface area contributed by atoms with Gasteiger partial charge in [-0.2, -0.15) is 0 Å². The van der Waals surface area contributed by atoms with Crippen LogP contribution in [0.5, 0.6) is 5.75 Å². The molecule has 2 aromatic carbocycles. The third-order valence-corrected chi connectivity index (χ3v) is 4.15. The van der Waals surface area contributed by atoms with Crippen molar-refractivity contribution in [2.24, 2.45) is 0 Å². The molecule has 0 aliphatic rings. The standard InChI is InChI=1S/C20H20ClNO5/c1-12-10-17(8-9-18(12)21)26-11-19(24)27-14(3)20(25)22-16-6-4-15(5-7-16)13(2)23/h4-10,14H,11H2,1-3H3,(H,22,25)/t14-/m0/s1. The molecule has 2 aromatic rings. The highest BCUT2D eigenvalue weighted by Gasteiger charge is 2.18. The summed E-state index contributed by atoms with van der Waals surface area (Å²) in [5.74, 6) is -0.735. The van der Waals surface area contributed by atoms with Crippen molar-refractivity contribution in [3.8, 4) is 5.75 Å². The van der Waals surface area contributed by atoms with Crippen LogP contribution in [0.1, 0.15) is 29.8 Å². The normalized spacial score (nSPS) is 11.4. The van der Waals surface area contributed by atoms with Gasteiger partial charge in [-0.1, -0.05) is 11.6 Å². The van der Waals surface area contributed by atoms with E-state index in [1.165, 1.54) is 13.8 Å². The van der Waals surface area contributed by atoms with Crippen LogP contribution in [0.15, 0.2) is 42.5 Å². The van der Waals surface area contributed by atoms with Crippen molar-refractivity contribution in [3.63, 3.8) is 0 Å². The third kappa shape index (κ3) is 6.11. The van der Waals surface area contributed by atoms with Gasteiger partial charge in [0, 0.05) is 16.3 Å². The Balaban J connectivity index is 1.83. The average Bonchev–Trinajstić information content (AvgIpc) is 2.63. The predicted molar refractivity (Wildman–Crippen MR) is 102 cm³/mol. The first-order chi connectivity index (χ1) is 12.8. The van der Waals surface area contributed by atoms with Crippen molar-refractivity contribution in [2.45, 2.75) is 26.9 Å². The van der Waals surface area contributed by atoms with E-state index in [2.05, 4.69) is 5.32 Å². The maximum Gasteiger partial charge on any atom is 0.344 e. The van der Waals surface area contributed by atoms with Gasteiger partial charge in [0.1, 0.15) is 5.75 Å². The summed E-state index contributed by atoms with van der Waals surface area (Å²) in [6.07, 6.45) is -1.000. The minimum Gasteiger partial charge on any atom is -0.482 e. The molecule has 0 bridgehead atoms. The van der Waals surface area contributed by atoms with E-state index in [0.717, 1.165) is 5.56 Å². The van der Waals surface area contributed by atoms with Gasteiger partial charge in [-0.25, -0.2) is 4.79 Å². The van der Waals surface area contributed by atoms with Crippen LogP contribution in [-0.2, 0) is 14.3 Å². The number of esters is 1. The zero-order valence-corrected chi connectivity index (χ0v) is 16.0. The summed E-state index contributed by atoms with van der Waals surface area (Å²) < 4.78 is 10.4. The van der Waals surface area contributed by atoms with E-state index in [4.69, 9.17) is 21.1 Å². The van der Waals surface area contributed by atoms with Gasteiger partial charge in [0.15, 0.2) is 18.5 Å². The largest absolute Gasteiger partial charge is 0.482 e.